The fourth-order valence-electron chi connectivity index (χ4n) is 3.17. The summed E-state index contributed by atoms with van der Waals surface area (Å²) >= 11 is 2.10. The average Bonchev–Trinajstić information content (AvgIpc) is 2.92. The number of unbranched alkanes of at least 4 members (excludes halogenated alkanes) is 3. The van der Waals surface area contributed by atoms with Crippen molar-refractivity contribution in [1.29, 1.82) is 0 Å². The Morgan fingerprint density at radius 1 is 0.789 bits per heavy atom. The van der Waals surface area contributed by atoms with Crippen molar-refractivity contribution in [3.63, 3.8) is 0 Å². The molecule has 0 aromatic heterocycles. The number of hydrogen-bond acceptors (Lipinski definition) is 2. The van der Waals surface area contributed by atoms with Crippen LogP contribution in [0.5, 0.6) is 5.75 Å². The molecule has 0 spiro atoms. The van der Waals surface area contributed by atoms with Crippen molar-refractivity contribution < 1.29 is 20.8 Å². The third-order valence-electron chi connectivity index (χ3n) is 5.04. The van der Waals surface area contributed by atoms with Crippen molar-refractivity contribution in [2.45, 2.75) is 58.3 Å². The number of phenols is 1. The van der Waals surface area contributed by atoms with Crippen molar-refractivity contribution in [2.24, 2.45) is 73.0 Å². The van der Waals surface area contributed by atoms with Gasteiger partial charge in [-0.1, -0.05) is 94.1 Å². The summed E-state index contributed by atoms with van der Waals surface area (Å²) < 4.78 is 3.37. The third kappa shape index (κ3) is 14.1. The van der Waals surface area contributed by atoms with Gasteiger partial charge in [0, 0.05) is 5.56 Å². The summed E-state index contributed by atoms with van der Waals surface area (Å²) in [5.74, 6) is 4.97. The van der Waals surface area contributed by atoms with Gasteiger partial charge in [-0.05, 0) is 34.3 Å². The maximum absolute atomic E-state index is 10.4. The van der Waals surface area contributed by atoms with Crippen LogP contribution in [0.2, 0.25) is 0 Å². The minimum absolute atomic E-state index is 0.112. The van der Waals surface area contributed by atoms with Crippen LogP contribution in [0.4, 0.5) is 0 Å². The van der Waals surface area contributed by atoms with Gasteiger partial charge in [-0.3, -0.25) is 0 Å². The molecule has 0 heterocycles. The molecule has 0 aliphatic carbocycles. The maximum atomic E-state index is 10.4. The molecule has 0 atom stereocenters. The van der Waals surface area contributed by atoms with Crippen LogP contribution in [-0.4, -0.2) is 5.11 Å². The van der Waals surface area contributed by atoms with E-state index < -0.39 is 0 Å². The molecule has 0 aliphatic heterocycles. The number of nitrogens with zero attached hydrogens (tertiary/aromatic N) is 13. The fraction of sp³-hybridized carbons (Fsp3) is 0.429. The Balaban J connectivity index is 0.000000403. The van der Waals surface area contributed by atoms with Gasteiger partial charge in [0.05, 0.1) is 0 Å². The molecule has 0 aliphatic rings. The summed E-state index contributed by atoms with van der Waals surface area (Å²) in [5.41, 5.74) is 3.31. The van der Waals surface area contributed by atoms with E-state index in [9.17, 15) is 5.11 Å². The van der Waals surface area contributed by atoms with Crippen molar-refractivity contribution >= 4 is 9.21 Å². The van der Waals surface area contributed by atoms with Crippen LogP contribution in [0.1, 0.15) is 58.4 Å². The Morgan fingerprint density at radius 2 is 1.37 bits per heavy atom. The predicted molar refractivity (Wildman–Crippen MR) is 138 cm³/mol. The van der Waals surface area contributed by atoms with Crippen LogP contribution < -0.4 is 5.84 Å². The second-order valence-corrected chi connectivity index (χ2v) is 9.15. The number of aromatic hydroxyl groups is 1. The van der Waals surface area contributed by atoms with Gasteiger partial charge in [-0.2, -0.15) is 0 Å². The number of benzene rings is 2. The third-order valence-corrected chi connectivity index (χ3v) is 5.53. The summed E-state index contributed by atoms with van der Waals surface area (Å²) in [6, 6.07) is 16.2. The summed E-state index contributed by atoms with van der Waals surface area (Å²) in [7, 11) is 1.05. The number of phenolic OH excluding ortho intramolecular Hbond substituents is 1. The van der Waals surface area contributed by atoms with Gasteiger partial charge in [0.25, 0.3) is 0 Å². The first kappa shape index (κ1) is 32.3. The summed E-state index contributed by atoms with van der Waals surface area (Å²) in [6.45, 7) is 6.79. The second kappa shape index (κ2) is 20.3. The summed E-state index contributed by atoms with van der Waals surface area (Å²) in [5, 5.41) is 46.4. The molecule has 0 fully saturated rings. The van der Waals surface area contributed by atoms with E-state index >= 15 is 0 Å². The van der Waals surface area contributed by atoms with Gasteiger partial charge in [0.2, 0.25) is 0 Å². The van der Waals surface area contributed by atoms with E-state index in [-0.39, 0.29) is 5.41 Å². The molecular formula is C21H30N14OSV. The molecule has 0 amide bonds. The minimum atomic E-state index is 0.112. The van der Waals surface area contributed by atoms with Gasteiger partial charge >= 0.3 is 81.6 Å². The fourth-order valence-corrected chi connectivity index (χ4v) is 3.39. The van der Waals surface area contributed by atoms with E-state index in [0.717, 1.165) is 26.8 Å². The Bertz CT molecular complexity index is 1180. The average molecular weight is 578 g/mol. The molecule has 15 nitrogen and oxygen atoms in total. The van der Waals surface area contributed by atoms with Crippen molar-refractivity contribution in [2.75, 3.05) is 0 Å². The van der Waals surface area contributed by atoms with Gasteiger partial charge in [0.15, 0.2) is 0 Å². The van der Waals surface area contributed by atoms with E-state index in [4.69, 9.17) is 0 Å². The van der Waals surface area contributed by atoms with Crippen LogP contribution in [-0.2, 0) is 30.4 Å². The van der Waals surface area contributed by atoms with Gasteiger partial charge < -0.3 is 10.9 Å². The molecule has 3 N–H and O–H groups in total. The molecule has 0 radical (unpaired) electrons. The van der Waals surface area contributed by atoms with Crippen molar-refractivity contribution in [1.82, 2.24) is 0 Å². The summed E-state index contributed by atoms with van der Waals surface area (Å²) in [6.07, 6.45) is 6.30. The zero-order valence-corrected chi connectivity index (χ0v) is 23.6. The molecule has 201 valence electrons. The molecule has 38 heavy (non-hydrogen) atoms. The molecule has 17 heteroatoms. The van der Waals surface area contributed by atoms with Crippen molar-refractivity contribution in [3.8, 4) is 16.9 Å². The zero-order valence-electron chi connectivity index (χ0n) is 21.3. The Kier molecular flexibility index (Phi) is 17.3. The van der Waals surface area contributed by atoms with E-state index in [1.807, 2.05) is 42.5 Å². The molecule has 2 aromatic carbocycles. The molecule has 0 unspecified atom stereocenters. The summed E-state index contributed by atoms with van der Waals surface area (Å²) in [4.78, 5) is 0. The number of rotatable bonds is 13. The normalized spacial score (nSPS) is 12.3. The Hall–Kier alpha value is -3.76. The molecule has 2 aromatic rings. The first-order valence-corrected chi connectivity index (χ1v) is 13.9. The Labute approximate surface area is 231 Å². The van der Waals surface area contributed by atoms with E-state index in [1.165, 1.54) is 31.2 Å². The van der Waals surface area contributed by atoms with E-state index in [1.54, 1.807) is 0 Å². The first-order chi connectivity index (χ1) is 18.5. The van der Waals surface area contributed by atoms with Crippen LogP contribution in [0.25, 0.3) is 11.1 Å². The van der Waals surface area contributed by atoms with E-state index in [0.29, 0.717) is 5.75 Å². The molecule has 0 bridgehead atoms. The molecule has 0 saturated carbocycles. The van der Waals surface area contributed by atoms with Gasteiger partial charge in [-0.25, -0.2) is 0 Å². The zero-order chi connectivity index (χ0) is 27.9. The van der Waals surface area contributed by atoms with Gasteiger partial charge in [0.1, 0.15) is 5.75 Å². The SMILES string of the molecule is CCCCCCC(C)(C)c1ccc(-c2ccccc2)c(O)c1.N/N=N/N=N/N=N/N=N/N=N/N=N/N=[S]=[V]. The second-order valence-electron chi connectivity index (χ2n) is 8.06. The molecule has 0 saturated heterocycles. The molecular weight excluding hydrogens is 547 g/mol. The number of nitrogens with two attached hydrogens (primary N) is 1. The van der Waals surface area contributed by atoms with Crippen molar-refractivity contribution in [3.05, 3.63) is 54.1 Å². The monoisotopic (exact) mass is 577 g/mol. The van der Waals surface area contributed by atoms with Crippen LogP contribution in [0.3, 0.4) is 0 Å². The van der Waals surface area contributed by atoms with Crippen LogP contribution in [0, 0.1) is 0 Å². The molecule has 2 rings (SSSR count). The predicted octanol–water partition coefficient (Wildman–Crippen LogP) is 8.10. The van der Waals surface area contributed by atoms with Gasteiger partial charge in [-0.15, -0.1) is 0 Å². The topological polar surface area (TPSA) is 207 Å². The Morgan fingerprint density at radius 3 is 1.89 bits per heavy atom. The first-order valence-electron chi connectivity index (χ1n) is 11.5. The number of hydrogen-bond donors (Lipinski definition) is 2. The van der Waals surface area contributed by atoms with E-state index in [2.05, 4.69) is 116 Å². The quantitative estimate of drug-likeness (QED) is 0.105. The standard InChI is InChI=1S/C21H28O.H2N14S.V/c1-4-5-6-10-15-21(2,3)18-13-14-19(20(22)16-18)17-11-8-7-9-12-17;1-2-3-4-5-6-7-8-9-10-11-12-13-14-15;/h7-9,11-14,16,22H,4-6,10,15H2,1-3H3;(H2,1,3,5,7,9,11,13,15);. The van der Waals surface area contributed by atoms with Crippen LogP contribution >= 0.6 is 0 Å². The van der Waals surface area contributed by atoms with Crippen LogP contribution in [0.15, 0.2) is 116 Å².